The Morgan fingerprint density at radius 3 is 2.35 bits per heavy atom. The Hall–Kier alpha value is -2.50. The standard InChI is InChI=1S/C17H26N6/c1-11(2)4-13-5-14(8-22-9-16(18)19)7-15(6-13)12(3)23-10-17(20)21/h5-8,11H,4,9-10H2,1-3H3,(H3,18,19)(H3,20,21). The van der Waals surface area contributed by atoms with Crippen LogP contribution in [0.25, 0.3) is 0 Å². The zero-order chi connectivity index (χ0) is 17.4. The molecule has 0 saturated carbocycles. The summed E-state index contributed by atoms with van der Waals surface area (Å²) in [5, 5.41) is 14.5. The first-order valence-electron chi connectivity index (χ1n) is 7.59. The molecule has 0 unspecified atom stereocenters. The first-order valence-corrected chi connectivity index (χ1v) is 7.59. The van der Waals surface area contributed by atoms with Crippen LogP contribution in [0.3, 0.4) is 0 Å². The van der Waals surface area contributed by atoms with Crippen molar-refractivity contribution in [3.05, 3.63) is 34.9 Å². The lowest BCUT2D eigenvalue weighted by Crippen LogP contribution is -2.14. The predicted molar refractivity (Wildman–Crippen MR) is 98.4 cm³/mol. The van der Waals surface area contributed by atoms with E-state index in [1.165, 1.54) is 5.56 Å². The summed E-state index contributed by atoms with van der Waals surface area (Å²) in [4.78, 5) is 8.50. The van der Waals surface area contributed by atoms with Gasteiger partial charge in [0.15, 0.2) is 0 Å². The minimum Gasteiger partial charge on any atom is -0.386 e. The van der Waals surface area contributed by atoms with Gasteiger partial charge >= 0.3 is 0 Å². The minimum atomic E-state index is 0.0407. The quantitative estimate of drug-likeness (QED) is 0.433. The third-order valence-corrected chi connectivity index (χ3v) is 3.07. The van der Waals surface area contributed by atoms with Crippen molar-refractivity contribution in [3.8, 4) is 0 Å². The number of nitrogens with zero attached hydrogens (tertiary/aromatic N) is 2. The smallest absolute Gasteiger partial charge is 0.113 e. The van der Waals surface area contributed by atoms with Crippen LogP contribution in [0.15, 0.2) is 28.2 Å². The molecular formula is C17H26N6. The topological polar surface area (TPSA) is 124 Å². The maximum Gasteiger partial charge on any atom is 0.113 e. The molecule has 1 aromatic rings. The van der Waals surface area contributed by atoms with Crippen molar-refractivity contribution in [1.29, 1.82) is 10.8 Å². The van der Waals surface area contributed by atoms with Crippen molar-refractivity contribution in [2.75, 3.05) is 13.1 Å². The average Bonchev–Trinajstić information content (AvgIpc) is 2.43. The summed E-state index contributed by atoms with van der Waals surface area (Å²) in [6.07, 6.45) is 2.69. The van der Waals surface area contributed by atoms with Gasteiger partial charge in [-0.1, -0.05) is 19.9 Å². The summed E-state index contributed by atoms with van der Waals surface area (Å²) in [5.41, 5.74) is 14.7. The summed E-state index contributed by atoms with van der Waals surface area (Å²) in [6, 6.07) is 6.19. The fraction of sp³-hybridized carbons (Fsp3) is 0.412. The number of nitrogens with two attached hydrogens (primary N) is 2. The average molecular weight is 314 g/mol. The highest BCUT2D eigenvalue weighted by Gasteiger charge is 2.05. The van der Waals surface area contributed by atoms with Crippen LogP contribution in [0.2, 0.25) is 0 Å². The van der Waals surface area contributed by atoms with E-state index >= 15 is 0 Å². The molecule has 6 heteroatoms. The van der Waals surface area contributed by atoms with Gasteiger partial charge in [0, 0.05) is 11.9 Å². The van der Waals surface area contributed by atoms with Gasteiger partial charge in [-0.2, -0.15) is 0 Å². The molecule has 0 atom stereocenters. The molecule has 0 spiro atoms. The number of nitrogens with one attached hydrogen (secondary N) is 2. The molecule has 0 aliphatic heterocycles. The summed E-state index contributed by atoms with van der Waals surface area (Å²) in [6.45, 7) is 6.66. The van der Waals surface area contributed by atoms with Gasteiger partial charge in [0.25, 0.3) is 0 Å². The van der Waals surface area contributed by atoms with Crippen molar-refractivity contribution in [2.24, 2.45) is 27.4 Å². The first kappa shape index (κ1) is 18.5. The largest absolute Gasteiger partial charge is 0.386 e. The molecule has 1 aromatic carbocycles. The summed E-state index contributed by atoms with van der Waals surface area (Å²) >= 11 is 0. The van der Waals surface area contributed by atoms with Gasteiger partial charge in [-0.05, 0) is 48.1 Å². The van der Waals surface area contributed by atoms with E-state index in [0.29, 0.717) is 5.92 Å². The summed E-state index contributed by atoms with van der Waals surface area (Å²) in [7, 11) is 0. The van der Waals surface area contributed by atoms with Gasteiger partial charge in [-0.25, -0.2) is 0 Å². The molecule has 0 aliphatic carbocycles. The van der Waals surface area contributed by atoms with E-state index in [2.05, 4.69) is 36.0 Å². The zero-order valence-electron chi connectivity index (χ0n) is 14.1. The zero-order valence-corrected chi connectivity index (χ0v) is 14.1. The Kier molecular flexibility index (Phi) is 7.12. The van der Waals surface area contributed by atoms with Crippen LogP contribution in [0.4, 0.5) is 0 Å². The Morgan fingerprint density at radius 2 is 1.78 bits per heavy atom. The first-order chi connectivity index (χ1) is 10.8. The summed E-state index contributed by atoms with van der Waals surface area (Å²) in [5.74, 6) is 0.631. The van der Waals surface area contributed by atoms with Crippen molar-refractivity contribution in [1.82, 2.24) is 0 Å². The molecule has 0 aliphatic rings. The molecule has 0 aromatic heterocycles. The number of rotatable bonds is 8. The van der Waals surface area contributed by atoms with Crippen LogP contribution in [-0.4, -0.2) is 36.7 Å². The van der Waals surface area contributed by atoms with Gasteiger partial charge in [-0.15, -0.1) is 0 Å². The highest BCUT2D eigenvalue weighted by Crippen LogP contribution is 2.14. The predicted octanol–water partition coefficient (Wildman–Crippen LogP) is 1.98. The van der Waals surface area contributed by atoms with Crippen LogP contribution in [0.5, 0.6) is 0 Å². The molecule has 0 bridgehead atoms. The highest BCUT2D eigenvalue weighted by atomic mass is 14.8. The monoisotopic (exact) mass is 314 g/mol. The van der Waals surface area contributed by atoms with Gasteiger partial charge in [-0.3, -0.25) is 20.8 Å². The number of aliphatic imine (C=N–C) groups is 2. The molecule has 0 fully saturated rings. The van der Waals surface area contributed by atoms with Crippen LogP contribution >= 0.6 is 0 Å². The fourth-order valence-electron chi connectivity index (χ4n) is 2.14. The molecule has 1 rings (SSSR count). The molecule has 124 valence electrons. The van der Waals surface area contributed by atoms with Crippen molar-refractivity contribution in [2.45, 2.75) is 27.2 Å². The van der Waals surface area contributed by atoms with Crippen molar-refractivity contribution in [3.63, 3.8) is 0 Å². The van der Waals surface area contributed by atoms with E-state index in [0.717, 1.165) is 23.3 Å². The molecular weight excluding hydrogens is 288 g/mol. The second kappa shape index (κ2) is 8.82. The van der Waals surface area contributed by atoms with Crippen molar-refractivity contribution < 1.29 is 0 Å². The summed E-state index contributed by atoms with van der Waals surface area (Å²) < 4.78 is 0. The number of benzene rings is 1. The number of hydrogen-bond acceptors (Lipinski definition) is 4. The Morgan fingerprint density at radius 1 is 1.13 bits per heavy atom. The number of hydrogen-bond donors (Lipinski definition) is 4. The van der Waals surface area contributed by atoms with E-state index in [1.807, 2.05) is 13.0 Å². The van der Waals surface area contributed by atoms with Crippen LogP contribution in [0, 0.1) is 16.7 Å². The minimum absolute atomic E-state index is 0.0407. The lowest BCUT2D eigenvalue weighted by molar-refractivity contribution is 0.647. The van der Waals surface area contributed by atoms with Crippen molar-refractivity contribution >= 4 is 23.6 Å². The van der Waals surface area contributed by atoms with E-state index in [1.54, 1.807) is 6.21 Å². The van der Waals surface area contributed by atoms with E-state index in [-0.39, 0.29) is 24.8 Å². The lowest BCUT2D eigenvalue weighted by Gasteiger charge is -2.10. The highest BCUT2D eigenvalue weighted by molar-refractivity contribution is 6.01. The molecule has 0 heterocycles. The van der Waals surface area contributed by atoms with E-state index < -0.39 is 0 Å². The fourth-order valence-corrected chi connectivity index (χ4v) is 2.14. The third kappa shape index (κ3) is 7.35. The Balaban J connectivity index is 3.12. The molecule has 6 N–H and O–H groups in total. The normalized spacial score (nSPS) is 12.1. The number of amidine groups is 2. The Labute approximate surface area is 137 Å². The third-order valence-electron chi connectivity index (χ3n) is 3.07. The molecule has 0 amide bonds. The van der Waals surface area contributed by atoms with Gasteiger partial charge in [0.05, 0.1) is 13.1 Å². The van der Waals surface area contributed by atoms with Gasteiger partial charge < -0.3 is 11.5 Å². The second-order valence-corrected chi connectivity index (χ2v) is 5.98. The van der Waals surface area contributed by atoms with Crippen LogP contribution < -0.4 is 11.5 Å². The maximum absolute atomic E-state index is 7.28. The van der Waals surface area contributed by atoms with Crippen LogP contribution in [0.1, 0.15) is 37.5 Å². The lowest BCUT2D eigenvalue weighted by atomic mass is 9.97. The maximum atomic E-state index is 7.28. The second-order valence-electron chi connectivity index (χ2n) is 5.98. The van der Waals surface area contributed by atoms with Gasteiger partial charge in [0.1, 0.15) is 11.7 Å². The van der Waals surface area contributed by atoms with E-state index in [4.69, 9.17) is 22.3 Å². The van der Waals surface area contributed by atoms with Crippen LogP contribution in [-0.2, 0) is 6.42 Å². The van der Waals surface area contributed by atoms with Gasteiger partial charge in [0.2, 0.25) is 0 Å². The molecule has 23 heavy (non-hydrogen) atoms. The SMILES string of the molecule is CC(=NCC(=N)N)c1cc(C=NCC(=N)N)cc(CC(C)C)c1. The molecule has 0 radical (unpaired) electrons. The Bertz CT molecular complexity index is 628. The molecule has 0 saturated heterocycles. The molecule has 6 nitrogen and oxygen atoms in total. The van der Waals surface area contributed by atoms with E-state index in [9.17, 15) is 0 Å².